The van der Waals surface area contributed by atoms with E-state index in [1.807, 2.05) is 66.9 Å². The Morgan fingerprint density at radius 1 is 0.944 bits per heavy atom. The van der Waals surface area contributed by atoms with Crippen LogP contribution >= 0.6 is 12.4 Å². The van der Waals surface area contributed by atoms with Crippen LogP contribution in [0.5, 0.6) is 5.75 Å². The van der Waals surface area contributed by atoms with E-state index in [-0.39, 0.29) is 30.9 Å². The number of rotatable bonds is 13. The first-order chi connectivity index (χ1) is 17.1. The standard InChI is InChI=1S/C29H33N3O3.ClH/c30-18-24(13-10-21-11-14-26(15-12-21)35-20-22-6-2-1-3-7-22)32-25(17-29(33)34)16-23-19-31-28-9-5-4-8-27(23)28;/h1-9,11-12,14-15,19,24-25,31-32H,10,13,16-18,20,30H2,(H,33,34);1H/t24?,25-;/m1./s1. The number of aromatic nitrogens is 1. The van der Waals surface area contributed by atoms with Crippen molar-refractivity contribution < 1.29 is 14.6 Å². The van der Waals surface area contributed by atoms with Crippen molar-refractivity contribution in [2.45, 2.75) is 44.4 Å². The topological polar surface area (TPSA) is 100 Å². The number of hydrogen-bond acceptors (Lipinski definition) is 4. The molecule has 0 radical (unpaired) electrons. The molecule has 7 heteroatoms. The third kappa shape index (κ3) is 7.85. The van der Waals surface area contributed by atoms with Crippen LogP contribution in [0.15, 0.2) is 85.1 Å². The van der Waals surface area contributed by atoms with E-state index in [1.165, 1.54) is 5.56 Å². The van der Waals surface area contributed by atoms with Crippen molar-refractivity contribution in [3.8, 4) is 5.75 Å². The number of aryl methyl sites for hydroxylation is 1. The van der Waals surface area contributed by atoms with Gasteiger partial charge in [0.25, 0.3) is 0 Å². The zero-order valence-electron chi connectivity index (χ0n) is 20.2. The highest BCUT2D eigenvalue weighted by Crippen LogP contribution is 2.21. The quantitative estimate of drug-likeness (QED) is 0.201. The molecule has 4 rings (SSSR count). The Morgan fingerprint density at radius 2 is 1.67 bits per heavy atom. The van der Waals surface area contributed by atoms with Crippen LogP contribution < -0.4 is 15.8 Å². The van der Waals surface area contributed by atoms with Gasteiger partial charge in [-0.25, -0.2) is 0 Å². The number of hydrogen-bond donors (Lipinski definition) is 4. The number of ether oxygens (including phenoxy) is 1. The lowest BCUT2D eigenvalue weighted by Gasteiger charge is -2.24. The van der Waals surface area contributed by atoms with Crippen LogP contribution in [0, 0.1) is 0 Å². The van der Waals surface area contributed by atoms with Gasteiger partial charge in [0.15, 0.2) is 0 Å². The largest absolute Gasteiger partial charge is 0.489 e. The number of carbonyl (C=O) groups is 1. The average molecular weight is 508 g/mol. The second kappa shape index (κ2) is 13.7. The Kier molecular flexibility index (Phi) is 10.4. The minimum atomic E-state index is -0.816. The van der Waals surface area contributed by atoms with Crippen LogP contribution in [0.3, 0.4) is 0 Å². The van der Waals surface area contributed by atoms with Crippen molar-refractivity contribution in [3.05, 3.63) is 102 Å². The molecule has 36 heavy (non-hydrogen) atoms. The Morgan fingerprint density at radius 3 is 2.39 bits per heavy atom. The predicted molar refractivity (Wildman–Crippen MR) is 147 cm³/mol. The number of halogens is 1. The molecule has 0 bridgehead atoms. The predicted octanol–water partition coefficient (Wildman–Crippen LogP) is 5.10. The van der Waals surface area contributed by atoms with Gasteiger partial charge in [-0.05, 0) is 54.2 Å². The molecule has 190 valence electrons. The van der Waals surface area contributed by atoms with Crippen molar-refractivity contribution in [2.24, 2.45) is 5.73 Å². The summed E-state index contributed by atoms with van der Waals surface area (Å²) < 4.78 is 5.87. The lowest BCUT2D eigenvalue weighted by Crippen LogP contribution is -2.45. The van der Waals surface area contributed by atoms with Gasteiger partial charge in [0, 0.05) is 35.7 Å². The zero-order chi connectivity index (χ0) is 24.5. The Bertz CT molecular complexity index is 1210. The highest BCUT2D eigenvalue weighted by atomic mass is 35.5. The first-order valence-electron chi connectivity index (χ1n) is 12.1. The summed E-state index contributed by atoms with van der Waals surface area (Å²) in [7, 11) is 0. The number of aliphatic carboxylic acids is 1. The minimum absolute atomic E-state index is 0. The summed E-state index contributed by atoms with van der Waals surface area (Å²) in [6.07, 6.45) is 4.31. The Hall–Kier alpha value is -3.32. The van der Waals surface area contributed by atoms with Crippen LogP contribution in [-0.2, 0) is 24.2 Å². The van der Waals surface area contributed by atoms with E-state index < -0.39 is 5.97 Å². The number of nitrogens with two attached hydrogens (primary N) is 1. The summed E-state index contributed by atoms with van der Waals surface area (Å²) in [4.78, 5) is 14.8. The number of aromatic amines is 1. The number of carboxylic acid groups (broad SMARTS) is 1. The number of H-pyrrole nitrogens is 1. The van der Waals surface area contributed by atoms with Gasteiger partial charge in [-0.3, -0.25) is 4.79 Å². The maximum Gasteiger partial charge on any atom is 0.304 e. The van der Waals surface area contributed by atoms with E-state index in [1.54, 1.807) is 0 Å². The molecule has 0 aliphatic heterocycles. The van der Waals surface area contributed by atoms with E-state index in [0.717, 1.165) is 40.6 Å². The molecule has 1 aromatic heterocycles. The van der Waals surface area contributed by atoms with Crippen molar-refractivity contribution >= 4 is 29.3 Å². The molecule has 0 fully saturated rings. The SMILES string of the molecule is Cl.NCC(CCc1ccc(OCc2ccccc2)cc1)N[C@@H](CC(=O)O)Cc1c[nH]c2ccccc12. The van der Waals surface area contributed by atoms with Gasteiger partial charge in [0.2, 0.25) is 0 Å². The molecule has 0 saturated carbocycles. The molecule has 6 nitrogen and oxygen atoms in total. The number of nitrogens with one attached hydrogen (secondary N) is 2. The minimum Gasteiger partial charge on any atom is -0.489 e. The molecule has 2 atom stereocenters. The van der Waals surface area contributed by atoms with Gasteiger partial charge >= 0.3 is 5.97 Å². The fourth-order valence-corrected chi connectivity index (χ4v) is 4.40. The summed E-state index contributed by atoms with van der Waals surface area (Å²) >= 11 is 0. The fraction of sp³-hybridized carbons (Fsp3) is 0.276. The normalized spacial score (nSPS) is 12.6. The number of para-hydroxylation sites is 1. The molecule has 0 aliphatic rings. The molecule has 0 spiro atoms. The average Bonchev–Trinajstić information content (AvgIpc) is 3.29. The van der Waals surface area contributed by atoms with Gasteiger partial charge in [-0.15, -0.1) is 12.4 Å². The van der Waals surface area contributed by atoms with Crippen LogP contribution in [0.2, 0.25) is 0 Å². The summed E-state index contributed by atoms with van der Waals surface area (Å²) in [5, 5.41) is 14.1. The van der Waals surface area contributed by atoms with E-state index in [4.69, 9.17) is 10.5 Å². The smallest absolute Gasteiger partial charge is 0.304 e. The van der Waals surface area contributed by atoms with Gasteiger partial charge in [-0.1, -0.05) is 60.7 Å². The van der Waals surface area contributed by atoms with Crippen molar-refractivity contribution in [2.75, 3.05) is 6.54 Å². The fourth-order valence-electron chi connectivity index (χ4n) is 4.40. The monoisotopic (exact) mass is 507 g/mol. The zero-order valence-corrected chi connectivity index (χ0v) is 21.0. The number of benzene rings is 3. The van der Waals surface area contributed by atoms with E-state index in [9.17, 15) is 9.90 Å². The second-order valence-electron chi connectivity index (χ2n) is 8.91. The van der Waals surface area contributed by atoms with E-state index in [2.05, 4.69) is 28.5 Å². The second-order valence-corrected chi connectivity index (χ2v) is 8.91. The van der Waals surface area contributed by atoms with Gasteiger partial charge in [-0.2, -0.15) is 0 Å². The molecule has 1 heterocycles. The van der Waals surface area contributed by atoms with E-state index >= 15 is 0 Å². The maximum absolute atomic E-state index is 11.5. The molecule has 0 amide bonds. The van der Waals surface area contributed by atoms with Crippen LogP contribution in [-0.4, -0.2) is 34.7 Å². The van der Waals surface area contributed by atoms with Crippen LogP contribution in [0.4, 0.5) is 0 Å². The molecular formula is C29H34ClN3O3. The van der Waals surface area contributed by atoms with Crippen LogP contribution in [0.1, 0.15) is 29.5 Å². The first kappa shape index (κ1) is 27.3. The summed E-state index contributed by atoms with van der Waals surface area (Å²) in [5.74, 6) is 0.0237. The summed E-state index contributed by atoms with van der Waals surface area (Å²) in [6.45, 7) is 0.989. The Labute approximate surface area is 218 Å². The summed E-state index contributed by atoms with van der Waals surface area (Å²) in [6, 6.07) is 26.1. The van der Waals surface area contributed by atoms with Gasteiger partial charge in [0.05, 0.1) is 6.42 Å². The molecule has 3 aromatic carbocycles. The van der Waals surface area contributed by atoms with Crippen molar-refractivity contribution in [1.82, 2.24) is 10.3 Å². The maximum atomic E-state index is 11.5. The lowest BCUT2D eigenvalue weighted by molar-refractivity contribution is -0.137. The number of fused-ring (bicyclic) bond motifs is 1. The molecule has 5 N–H and O–H groups in total. The van der Waals surface area contributed by atoms with Gasteiger partial charge in [0.1, 0.15) is 12.4 Å². The van der Waals surface area contributed by atoms with E-state index in [0.29, 0.717) is 19.6 Å². The summed E-state index contributed by atoms with van der Waals surface area (Å²) in [5.41, 5.74) is 10.6. The highest BCUT2D eigenvalue weighted by molar-refractivity contribution is 5.85. The van der Waals surface area contributed by atoms with Gasteiger partial charge < -0.3 is 25.9 Å². The van der Waals surface area contributed by atoms with Crippen LogP contribution in [0.25, 0.3) is 10.9 Å². The third-order valence-electron chi connectivity index (χ3n) is 6.27. The molecule has 0 saturated heterocycles. The molecular weight excluding hydrogens is 474 g/mol. The first-order valence-corrected chi connectivity index (χ1v) is 12.1. The van der Waals surface area contributed by atoms with Crippen molar-refractivity contribution in [3.63, 3.8) is 0 Å². The molecule has 0 aliphatic carbocycles. The molecule has 4 aromatic rings. The van der Waals surface area contributed by atoms with Crippen molar-refractivity contribution in [1.29, 1.82) is 0 Å². The molecule has 1 unspecified atom stereocenters. The highest BCUT2D eigenvalue weighted by Gasteiger charge is 2.19. The lowest BCUT2D eigenvalue weighted by atomic mass is 9.99. The number of carboxylic acids is 1. The Balaban J connectivity index is 0.00000361. The third-order valence-corrected chi connectivity index (χ3v) is 6.27.